The van der Waals surface area contributed by atoms with E-state index in [4.69, 9.17) is 27.2 Å². The highest BCUT2D eigenvalue weighted by Gasteiger charge is 2.44. The highest BCUT2D eigenvalue weighted by molar-refractivity contribution is 6.32. The Morgan fingerprint density at radius 3 is 2.54 bits per heavy atom. The lowest BCUT2D eigenvalue weighted by Gasteiger charge is -2.26. The SMILES string of the molecule is N[N+]12C=CN=CC1=C(C1=CC=C1)N=C2c1ccc(Oc2ccccc2Cl)cc1. The van der Waals surface area contributed by atoms with Crippen molar-refractivity contribution in [3.8, 4) is 11.5 Å². The first-order valence-corrected chi connectivity index (χ1v) is 9.17. The van der Waals surface area contributed by atoms with Crippen LogP contribution in [0.1, 0.15) is 5.56 Å². The Hall–Kier alpha value is -3.25. The number of nitrogens with two attached hydrogens (primary N) is 1. The van der Waals surface area contributed by atoms with Crippen molar-refractivity contribution in [3.63, 3.8) is 0 Å². The Labute approximate surface area is 167 Å². The fraction of sp³-hybridized carbons (Fsp3) is 0. The predicted octanol–water partition coefficient (Wildman–Crippen LogP) is 4.85. The van der Waals surface area contributed by atoms with Crippen molar-refractivity contribution in [1.82, 2.24) is 0 Å². The van der Waals surface area contributed by atoms with Gasteiger partial charge in [-0.25, -0.2) is 0 Å². The van der Waals surface area contributed by atoms with Crippen molar-refractivity contribution in [2.45, 2.75) is 0 Å². The summed E-state index contributed by atoms with van der Waals surface area (Å²) in [5.74, 6) is 8.74. The van der Waals surface area contributed by atoms with Gasteiger partial charge in [-0.1, -0.05) is 42.0 Å². The quantitative estimate of drug-likeness (QED) is 0.602. The van der Waals surface area contributed by atoms with E-state index in [1.165, 1.54) is 0 Å². The summed E-state index contributed by atoms with van der Waals surface area (Å²) in [4.78, 5) is 9.08. The molecule has 0 aromatic heterocycles. The van der Waals surface area contributed by atoms with E-state index < -0.39 is 0 Å². The molecule has 2 heterocycles. The standard InChI is InChI=1S/C22H16ClN4O/c23-18-6-1-2-7-20(18)28-17-10-8-16(9-11-17)22-26-21(15-4-3-5-15)19-14-25-12-13-27(19,22)24/h1-14H,24H2/q+1. The lowest BCUT2D eigenvalue weighted by Crippen LogP contribution is -2.53. The van der Waals surface area contributed by atoms with Crippen LogP contribution in [0.5, 0.6) is 11.5 Å². The van der Waals surface area contributed by atoms with Crippen LogP contribution in [-0.2, 0) is 0 Å². The smallest absolute Gasteiger partial charge is 0.265 e. The molecular weight excluding hydrogens is 372 g/mol. The van der Waals surface area contributed by atoms with Gasteiger partial charge in [0.2, 0.25) is 5.70 Å². The number of benzene rings is 2. The summed E-state index contributed by atoms with van der Waals surface area (Å²) in [6.45, 7) is 0. The maximum Gasteiger partial charge on any atom is 0.265 e. The van der Waals surface area contributed by atoms with Crippen molar-refractivity contribution in [3.05, 3.63) is 107 Å². The molecule has 0 saturated carbocycles. The van der Waals surface area contributed by atoms with E-state index in [2.05, 4.69) is 4.99 Å². The average Bonchev–Trinajstić information content (AvgIpc) is 2.96. The average molecular weight is 388 g/mol. The summed E-state index contributed by atoms with van der Waals surface area (Å²) in [6.07, 6.45) is 11.3. The van der Waals surface area contributed by atoms with E-state index in [9.17, 15) is 0 Å². The summed E-state index contributed by atoms with van der Waals surface area (Å²) in [6, 6.07) is 15.0. The van der Waals surface area contributed by atoms with Gasteiger partial charge in [0.25, 0.3) is 5.84 Å². The van der Waals surface area contributed by atoms with E-state index in [1.807, 2.05) is 66.9 Å². The van der Waals surface area contributed by atoms with Gasteiger partial charge in [-0.15, -0.1) is 4.59 Å². The third-order valence-corrected chi connectivity index (χ3v) is 5.11. The molecule has 2 aromatic rings. The van der Waals surface area contributed by atoms with Gasteiger partial charge in [-0.3, -0.25) is 4.99 Å². The normalized spacial score (nSPS) is 21.9. The topological polar surface area (TPSA) is 60.0 Å². The minimum atomic E-state index is -0.00523. The van der Waals surface area contributed by atoms with Gasteiger partial charge in [0.1, 0.15) is 23.4 Å². The van der Waals surface area contributed by atoms with E-state index >= 15 is 0 Å². The van der Waals surface area contributed by atoms with Gasteiger partial charge >= 0.3 is 0 Å². The maximum absolute atomic E-state index is 6.70. The van der Waals surface area contributed by atoms with Gasteiger partial charge in [0.05, 0.1) is 23.0 Å². The van der Waals surface area contributed by atoms with Gasteiger partial charge in [0, 0.05) is 5.57 Å². The van der Waals surface area contributed by atoms with Crippen LogP contribution in [-0.4, -0.2) is 16.6 Å². The van der Waals surface area contributed by atoms with Crippen LogP contribution in [0.15, 0.2) is 106 Å². The number of ether oxygens (including phenoxy) is 1. The van der Waals surface area contributed by atoms with Crippen LogP contribution < -0.4 is 10.6 Å². The zero-order chi connectivity index (χ0) is 19.1. The molecule has 28 heavy (non-hydrogen) atoms. The molecule has 1 aliphatic carbocycles. The molecule has 2 aliphatic heterocycles. The highest BCUT2D eigenvalue weighted by atomic mass is 35.5. The number of rotatable bonds is 4. The van der Waals surface area contributed by atoms with Crippen LogP contribution >= 0.6 is 11.6 Å². The zero-order valence-corrected chi connectivity index (χ0v) is 15.5. The van der Waals surface area contributed by atoms with Gasteiger partial charge in [-0.05, 0) is 36.4 Å². The summed E-state index contributed by atoms with van der Waals surface area (Å²) >= 11 is 6.17. The molecule has 5 nitrogen and oxygen atoms in total. The number of fused-ring (bicyclic) bond motifs is 1. The van der Waals surface area contributed by atoms with Gasteiger partial charge in [-0.2, -0.15) is 10.8 Å². The Morgan fingerprint density at radius 1 is 1.04 bits per heavy atom. The number of quaternary nitrogens is 1. The second kappa shape index (κ2) is 6.42. The second-order valence-corrected chi connectivity index (χ2v) is 6.97. The van der Waals surface area contributed by atoms with Crippen LogP contribution in [0.3, 0.4) is 0 Å². The predicted molar refractivity (Wildman–Crippen MR) is 111 cm³/mol. The molecule has 3 aliphatic rings. The molecule has 136 valence electrons. The van der Waals surface area contributed by atoms with Crippen molar-refractivity contribution < 1.29 is 9.33 Å². The largest absolute Gasteiger partial charge is 0.456 e. The third kappa shape index (κ3) is 2.65. The van der Waals surface area contributed by atoms with E-state index in [0.717, 1.165) is 28.4 Å². The second-order valence-electron chi connectivity index (χ2n) is 6.56. The molecule has 0 fully saturated rings. The number of aliphatic imine (C=N–C) groups is 2. The zero-order valence-electron chi connectivity index (χ0n) is 14.8. The van der Waals surface area contributed by atoms with Crippen LogP contribution in [0.4, 0.5) is 0 Å². The van der Waals surface area contributed by atoms with Gasteiger partial charge in [0.15, 0.2) is 0 Å². The number of para-hydroxylation sites is 1. The van der Waals surface area contributed by atoms with Crippen LogP contribution in [0, 0.1) is 0 Å². The Bertz CT molecular complexity index is 1160. The molecule has 1 atom stereocenters. The number of allylic oxidation sites excluding steroid dienone is 4. The summed E-state index contributed by atoms with van der Waals surface area (Å²) in [5, 5.41) is 0.566. The molecule has 0 bridgehead atoms. The number of nitrogens with zero attached hydrogens (tertiary/aromatic N) is 3. The first kappa shape index (κ1) is 16.9. The summed E-state index contributed by atoms with van der Waals surface area (Å²) < 4.78 is 5.87. The molecule has 0 radical (unpaired) electrons. The lowest BCUT2D eigenvalue weighted by atomic mass is 10.0. The monoisotopic (exact) mass is 387 g/mol. The van der Waals surface area contributed by atoms with E-state index in [0.29, 0.717) is 16.5 Å². The highest BCUT2D eigenvalue weighted by Crippen LogP contribution is 2.36. The summed E-state index contributed by atoms with van der Waals surface area (Å²) in [7, 11) is 0. The molecule has 6 heteroatoms. The summed E-state index contributed by atoms with van der Waals surface area (Å²) in [5.41, 5.74) is 3.66. The Morgan fingerprint density at radius 2 is 1.82 bits per heavy atom. The maximum atomic E-state index is 6.70. The van der Waals surface area contributed by atoms with Crippen LogP contribution in [0.2, 0.25) is 5.02 Å². The number of halogens is 1. The molecule has 0 saturated heterocycles. The number of hydrogen-bond acceptors (Lipinski definition) is 4. The first-order valence-electron chi connectivity index (χ1n) is 8.79. The van der Waals surface area contributed by atoms with Crippen molar-refractivity contribution >= 4 is 23.7 Å². The molecule has 0 amide bonds. The number of hydrogen-bond donors (Lipinski definition) is 1. The number of amidine groups is 1. The van der Waals surface area contributed by atoms with Crippen LogP contribution in [0.25, 0.3) is 0 Å². The first-order chi connectivity index (χ1) is 13.6. The van der Waals surface area contributed by atoms with Crippen molar-refractivity contribution in [2.24, 2.45) is 15.8 Å². The van der Waals surface area contributed by atoms with E-state index in [1.54, 1.807) is 18.5 Å². The van der Waals surface area contributed by atoms with E-state index in [-0.39, 0.29) is 4.59 Å². The Kier molecular flexibility index (Phi) is 3.87. The molecule has 2 N–H and O–H groups in total. The minimum absolute atomic E-state index is 0.00523. The van der Waals surface area contributed by atoms with Crippen molar-refractivity contribution in [2.75, 3.05) is 0 Å². The lowest BCUT2D eigenvalue weighted by molar-refractivity contribution is -0.750. The molecule has 1 unspecified atom stereocenters. The molecule has 2 aromatic carbocycles. The van der Waals surface area contributed by atoms with Crippen molar-refractivity contribution in [1.29, 1.82) is 0 Å². The van der Waals surface area contributed by atoms with Gasteiger partial charge < -0.3 is 4.74 Å². The Balaban J connectivity index is 1.47. The minimum Gasteiger partial charge on any atom is -0.456 e. The molecule has 5 rings (SSSR count). The fourth-order valence-corrected chi connectivity index (χ4v) is 3.44. The third-order valence-electron chi connectivity index (χ3n) is 4.80. The molecule has 0 spiro atoms. The molecular formula is C22H16ClN4O+. The fourth-order valence-electron chi connectivity index (χ4n) is 3.27.